The Labute approximate surface area is 97.8 Å². The lowest BCUT2D eigenvalue weighted by Gasteiger charge is -2.13. The highest BCUT2D eigenvalue weighted by atomic mass is 16.5. The van der Waals surface area contributed by atoms with Gasteiger partial charge >= 0.3 is 0 Å². The largest absolute Gasteiger partial charge is 0.477 e. The van der Waals surface area contributed by atoms with Gasteiger partial charge < -0.3 is 10.5 Å². The zero-order valence-electron chi connectivity index (χ0n) is 10.8. The van der Waals surface area contributed by atoms with Crippen LogP contribution in [0.15, 0.2) is 0 Å². The van der Waals surface area contributed by atoms with Gasteiger partial charge in [-0.1, -0.05) is 20.3 Å². The molecule has 0 aliphatic rings. The molecule has 4 heteroatoms. The van der Waals surface area contributed by atoms with Gasteiger partial charge in [0.1, 0.15) is 0 Å². The van der Waals surface area contributed by atoms with Gasteiger partial charge in [0.15, 0.2) is 0 Å². The van der Waals surface area contributed by atoms with Gasteiger partial charge in [-0.25, -0.2) is 4.68 Å². The molecule has 0 aliphatic carbocycles. The molecule has 1 heterocycles. The van der Waals surface area contributed by atoms with Crippen molar-refractivity contribution in [2.45, 2.75) is 40.2 Å². The molecule has 0 saturated carbocycles. The molecular formula is C12H23N3O. The van der Waals surface area contributed by atoms with E-state index in [0.29, 0.717) is 12.5 Å². The molecule has 1 rings (SSSR count). The number of nitrogens with zero attached hydrogens (tertiary/aromatic N) is 2. The lowest BCUT2D eigenvalue weighted by molar-refractivity contribution is 0.231. The highest BCUT2D eigenvalue weighted by Gasteiger charge is 2.13. The second-order valence-corrected chi connectivity index (χ2v) is 4.40. The van der Waals surface area contributed by atoms with Crippen molar-refractivity contribution in [3.8, 4) is 5.88 Å². The Morgan fingerprint density at radius 3 is 2.75 bits per heavy atom. The maximum absolute atomic E-state index is 5.81. The van der Waals surface area contributed by atoms with Crippen LogP contribution in [0.2, 0.25) is 0 Å². The molecule has 0 amide bonds. The summed E-state index contributed by atoms with van der Waals surface area (Å²) in [5, 5.41) is 4.32. The zero-order chi connectivity index (χ0) is 12.1. The number of aryl methyl sites for hydroxylation is 2. The van der Waals surface area contributed by atoms with Crippen molar-refractivity contribution in [1.82, 2.24) is 9.78 Å². The van der Waals surface area contributed by atoms with Crippen LogP contribution in [0.3, 0.4) is 0 Å². The first-order valence-corrected chi connectivity index (χ1v) is 5.95. The van der Waals surface area contributed by atoms with Crippen LogP contribution in [0.4, 0.5) is 0 Å². The average Bonchev–Trinajstić information content (AvgIpc) is 2.50. The lowest BCUT2D eigenvalue weighted by Crippen LogP contribution is -2.12. The Bertz CT molecular complexity index is 333. The van der Waals surface area contributed by atoms with E-state index in [4.69, 9.17) is 10.5 Å². The van der Waals surface area contributed by atoms with Crippen molar-refractivity contribution < 1.29 is 4.74 Å². The highest BCUT2D eigenvalue weighted by Crippen LogP contribution is 2.21. The molecule has 0 radical (unpaired) electrons. The Hall–Kier alpha value is -1.03. The third-order valence-electron chi connectivity index (χ3n) is 2.78. The van der Waals surface area contributed by atoms with E-state index in [1.807, 2.05) is 14.0 Å². The molecule has 16 heavy (non-hydrogen) atoms. The fraction of sp³-hybridized carbons (Fsp3) is 0.750. The molecule has 92 valence electrons. The van der Waals surface area contributed by atoms with E-state index in [-0.39, 0.29) is 0 Å². The minimum Gasteiger partial charge on any atom is -0.477 e. The number of hydrogen-bond donors (Lipinski definition) is 1. The van der Waals surface area contributed by atoms with Gasteiger partial charge in [-0.15, -0.1) is 0 Å². The normalized spacial score (nSPS) is 12.8. The monoisotopic (exact) mass is 225 g/mol. The van der Waals surface area contributed by atoms with E-state index in [0.717, 1.165) is 23.7 Å². The molecule has 0 saturated heterocycles. The van der Waals surface area contributed by atoms with Gasteiger partial charge in [0.05, 0.1) is 17.9 Å². The smallest absolute Gasteiger partial charge is 0.216 e. The van der Waals surface area contributed by atoms with Crippen LogP contribution in [-0.2, 0) is 13.6 Å². The van der Waals surface area contributed by atoms with Crippen LogP contribution in [0.25, 0.3) is 0 Å². The zero-order valence-corrected chi connectivity index (χ0v) is 10.8. The van der Waals surface area contributed by atoms with Gasteiger partial charge in [-0.2, -0.15) is 5.10 Å². The Kier molecular flexibility index (Phi) is 4.80. The molecule has 0 aromatic carbocycles. The molecule has 0 bridgehead atoms. The van der Waals surface area contributed by atoms with Gasteiger partial charge in [-0.3, -0.25) is 0 Å². The van der Waals surface area contributed by atoms with Crippen LogP contribution < -0.4 is 10.5 Å². The summed E-state index contributed by atoms with van der Waals surface area (Å²) in [6.07, 6.45) is 2.38. The Morgan fingerprint density at radius 1 is 1.50 bits per heavy atom. The molecule has 0 fully saturated rings. The molecule has 1 aromatic rings. The predicted octanol–water partition coefficient (Wildman–Crippen LogP) is 2.00. The first-order chi connectivity index (χ1) is 7.60. The Morgan fingerprint density at radius 2 is 2.19 bits per heavy atom. The number of aromatic nitrogens is 2. The molecule has 0 aliphatic heterocycles. The SMILES string of the molecule is CCCC(C)COc1c(CN)c(C)nn1C. The Balaban J connectivity index is 2.66. The van der Waals surface area contributed by atoms with Gasteiger partial charge in [0, 0.05) is 13.6 Å². The van der Waals surface area contributed by atoms with E-state index < -0.39 is 0 Å². The maximum atomic E-state index is 5.81. The summed E-state index contributed by atoms with van der Waals surface area (Å²) in [4.78, 5) is 0. The van der Waals surface area contributed by atoms with Crippen LogP contribution in [0, 0.1) is 12.8 Å². The van der Waals surface area contributed by atoms with E-state index in [1.54, 1.807) is 4.68 Å². The van der Waals surface area contributed by atoms with Crippen molar-refractivity contribution >= 4 is 0 Å². The van der Waals surface area contributed by atoms with E-state index in [1.165, 1.54) is 12.8 Å². The fourth-order valence-corrected chi connectivity index (χ4v) is 1.89. The first kappa shape index (κ1) is 13.0. The highest BCUT2D eigenvalue weighted by molar-refractivity contribution is 5.30. The predicted molar refractivity (Wildman–Crippen MR) is 65.4 cm³/mol. The third-order valence-corrected chi connectivity index (χ3v) is 2.78. The summed E-state index contributed by atoms with van der Waals surface area (Å²) in [5.41, 5.74) is 7.68. The average molecular weight is 225 g/mol. The van der Waals surface area contributed by atoms with Gasteiger partial charge in [0.2, 0.25) is 5.88 Å². The van der Waals surface area contributed by atoms with Crippen molar-refractivity contribution in [3.05, 3.63) is 11.3 Å². The van der Waals surface area contributed by atoms with Crippen LogP contribution in [-0.4, -0.2) is 16.4 Å². The number of rotatable bonds is 6. The third kappa shape index (κ3) is 2.98. The summed E-state index contributed by atoms with van der Waals surface area (Å²) in [5.74, 6) is 1.40. The van der Waals surface area contributed by atoms with Crippen molar-refractivity contribution in [3.63, 3.8) is 0 Å². The van der Waals surface area contributed by atoms with Crippen LogP contribution >= 0.6 is 0 Å². The molecule has 1 unspecified atom stereocenters. The van der Waals surface area contributed by atoms with E-state index in [9.17, 15) is 0 Å². The molecule has 1 aromatic heterocycles. The van der Waals surface area contributed by atoms with Crippen molar-refractivity contribution in [2.75, 3.05) is 6.61 Å². The van der Waals surface area contributed by atoms with Gasteiger partial charge in [0.25, 0.3) is 0 Å². The second-order valence-electron chi connectivity index (χ2n) is 4.40. The van der Waals surface area contributed by atoms with Gasteiger partial charge in [-0.05, 0) is 19.3 Å². The number of ether oxygens (including phenoxy) is 1. The molecule has 1 atom stereocenters. The first-order valence-electron chi connectivity index (χ1n) is 5.95. The molecule has 0 spiro atoms. The molecule has 2 N–H and O–H groups in total. The lowest BCUT2D eigenvalue weighted by atomic mass is 10.1. The standard InChI is InChI=1S/C12H23N3O/c1-5-6-9(2)8-16-12-11(7-13)10(3)14-15(12)4/h9H,5-8,13H2,1-4H3. The summed E-state index contributed by atoms with van der Waals surface area (Å²) >= 11 is 0. The minimum atomic E-state index is 0.483. The summed E-state index contributed by atoms with van der Waals surface area (Å²) in [6.45, 7) is 7.58. The topological polar surface area (TPSA) is 53.1 Å². The maximum Gasteiger partial charge on any atom is 0.216 e. The van der Waals surface area contributed by atoms with Crippen LogP contribution in [0.5, 0.6) is 5.88 Å². The molecule has 4 nitrogen and oxygen atoms in total. The molecular weight excluding hydrogens is 202 g/mol. The summed E-state index contributed by atoms with van der Waals surface area (Å²) in [7, 11) is 1.89. The number of nitrogens with two attached hydrogens (primary N) is 1. The summed E-state index contributed by atoms with van der Waals surface area (Å²) < 4.78 is 7.59. The quantitative estimate of drug-likeness (QED) is 0.805. The fourth-order valence-electron chi connectivity index (χ4n) is 1.89. The van der Waals surface area contributed by atoms with Crippen molar-refractivity contribution in [2.24, 2.45) is 18.7 Å². The van der Waals surface area contributed by atoms with E-state index >= 15 is 0 Å². The van der Waals surface area contributed by atoms with Crippen LogP contribution in [0.1, 0.15) is 37.9 Å². The summed E-state index contributed by atoms with van der Waals surface area (Å²) in [6, 6.07) is 0. The second kappa shape index (κ2) is 5.89. The minimum absolute atomic E-state index is 0.483. The van der Waals surface area contributed by atoms with E-state index in [2.05, 4.69) is 18.9 Å². The number of hydrogen-bond acceptors (Lipinski definition) is 3. The van der Waals surface area contributed by atoms with Crippen molar-refractivity contribution in [1.29, 1.82) is 0 Å².